The van der Waals surface area contributed by atoms with E-state index in [2.05, 4.69) is 4.74 Å². The predicted molar refractivity (Wildman–Crippen MR) is 52.3 cm³/mol. The van der Waals surface area contributed by atoms with E-state index in [1.54, 1.807) is 0 Å². The first kappa shape index (κ1) is 13.4. The minimum atomic E-state index is -0.995. The lowest BCUT2D eigenvalue weighted by Crippen LogP contribution is -2.09. The lowest BCUT2D eigenvalue weighted by Gasteiger charge is -2.00. The highest BCUT2D eigenvalue weighted by molar-refractivity contribution is 5.94. The zero-order chi connectivity index (χ0) is 11.8. The molecule has 0 aromatic heterocycles. The van der Waals surface area contributed by atoms with Gasteiger partial charge in [0.15, 0.2) is 0 Å². The summed E-state index contributed by atoms with van der Waals surface area (Å²) in [5, 5.41) is 8.49. The lowest BCUT2D eigenvalue weighted by molar-refractivity contribution is -0.145. The van der Waals surface area contributed by atoms with Gasteiger partial charge in [0.1, 0.15) is 12.2 Å². The Hall–Kier alpha value is -1.65. The van der Waals surface area contributed by atoms with E-state index in [-0.39, 0.29) is 24.4 Å². The fourth-order valence-electron chi connectivity index (χ4n) is 0.790. The molecule has 5 nitrogen and oxygen atoms in total. The summed E-state index contributed by atoms with van der Waals surface area (Å²) >= 11 is 0. The number of esters is 1. The molecular weight excluding hydrogens is 200 g/mol. The van der Waals surface area contributed by atoms with Gasteiger partial charge in [0.2, 0.25) is 0 Å². The molecule has 0 aliphatic rings. The van der Waals surface area contributed by atoms with Crippen molar-refractivity contribution >= 4 is 17.7 Å². The maximum Gasteiger partial charge on any atom is 0.330 e. The Kier molecular flexibility index (Phi) is 6.01. The Morgan fingerprint density at radius 1 is 1.27 bits per heavy atom. The van der Waals surface area contributed by atoms with Gasteiger partial charge in [-0.05, 0) is 13.8 Å². The molecule has 15 heavy (non-hydrogen) atoms. The molecule has 0 saturated carbocycles. The second kappa shape index (κ2) is 6.75. The zero-order valence-electron chi connectivity index (χ0n) is 8.78. The number of ether oxygens (including phenoxy) is 1. The fraction of sp³-hybridized carbons (Fsp3) is 0.500. The molecule has 0 saturated heterocycles. The molecule has 0 atom stereocenters. The van der Waals surface area contributed by atoms with E-state index in [4.69, 9.17) is 5.11 Å². The van der Waals surface area contributed by atoms with Crippen LogP contribution in [0.2, 0.25) is 0 Å². The van der Waals surface area contributed by atoms with Crippen LogP contribution in [-0.4, -0.2) is 29.4 Å². The average molecular weight is 214 g/mol. The van der Waals surface area contributed by atoms with Gasteiger partial charge >= 0.3 is 11.9 Å². The summed E-state index contributed by atoms with van der Waals surface area (Å²) in [6.07, 6.45) is 1.56. The molecule has 0 unspecified atom stereocenters. The quantitative estimate of drug-likeness (QED) is 0.308. The zero-order valence-corrected chi connectivity index (χ0v) is 8.78. The van der Waals surface area contributed by atoms with Gasteiger partial charge in [-0.2, -0.15) is 0 Å². The van der Waals surface area contributed by atoms with Crippen LogP contribution in [0.1, 0.15) is 26.7 Å². The van der Waals surface area contributed by atoms with E-state index in [0.717, 1.165) is 0 Å². The molecule has 0 heterocycles. The van der Waals surface area contributed by atoms with Gasteiger partial charge in [-0.1, -0.05) is 6.08 Å². The Labute approximate surface area is 87.7 Å². The number of carboxylic acids is 1. The van der Waals surface area contributed by atoms with Crippen molar-refractivity contribution in [1.82, 2.24) is 0 Å². The number of rotatable bonds is 6. The number of aliphatic carboxylic acids is 1. The van der Waals surface area contributed by atoms with Crippen molar-refractivity contribution in [1.29, 1.82) is 0 Å². The molecule has 0 aromatic rings. The maximum atomic E-state index is 10.9. The number of carbonyl (C=O) groups is 3. The first-order chi connectivity index (χ1) is 6.93. The molecule has 5 heteroatoms. The predicted octanol–water partition coefficient (Wildman–Crippen LogP) is 0.930. The summed E-state index contributed by atoms with van der Waals surface area (Å²) in [5.41, 5.74) is 0.206. The van der Waals surface area contributed by atoms with E-state index in [1.807, 2.05) is 0 Å². The Bertz CT molecular complexity index is 290. The van der Waals surface area contributed by atoms with E-state index in [0.29, 0.717) is 6.42 Å². The molecule has 0 amide bonds. The molecule has 0 aromatic carbocycles. The smallest absolute Gasteiger partial charge is 0.330 e. The minimum Gasteiger partial charge on any atom is -0.478 e. The van der Waals surface area contributed by atoms with Gasteiger partial charge in [0.05, 0.1) is 6.61 Å². The summed E-state index contributed by atoms with van der Waals surface area (Å²) in [6.45, 7) is 2.85. The van der Waals surface area contributed by atoms with Crippen molar-refractivity contribution in [3.8, 4) is 0 Å². The van der Waals surface area contributed by atoms with Gasteiger partial charge in [0, 0.05) is 12.0 Å². The largest absolute Gasteiger partial charge is 0.478 e. The Balaban J connectivity index is 3.72. The van der Waals surface area contributed by atoms with E-state index in [9.17, 15) is 14.4 Å². The van der Waals surface area contributed by atoms with Gasteiger partial charge in [-0.15, -0.1) is 0 Å². The van der Waals surface area contributed by atoms with Crippen LogP contribution in [0.3, 0.4) is 0 Å². The summed E-state index contributed by atoms with van der Waals surface area (Å²) in [5.74, 6) is -1.83. The number of ketones is 1. The summed E-state index contributed by atoms with van der Waals surface area (Å²) in [6, 6.07) is 0. The molecule has 0 aliphatic carbocycles. The number of hydrogen-bond acceptors (Lipinski definition) is 4. The third-order valence-electron chi connectivity index (χ3n) is 1.56. The van der Waals surface area contributed by atoms with Crippen LogP contribution in [-0.2, 0) is 19.1 Å². The highest BCUT2D eigenvalue weighted by Gasteiger charge is 2.05. The summed E-state index contributed by atoms with van der Waals surface area (Å²) in [4.78, 5) is 31.7. The second-order valence-corrected chi connectivity index (χ2v) is 3.08. The average Bonchev–Trinajstić information content (AvgIpc) is 2.10. The Morgan fingerprint density at radius 2 is 1.87 bits per heavy atom. The highest BCUT2D eigenvalue weighted by atomic mass is 16.5. The monoisotopic (exact) mass is 214 g/mol. The summed E-state index contributed by atoms with van der Waals surface area (Å²) < 4.78 is 4.69. The first-order valence-corrected chi connectivity index (χ1v) is 4.48. The normalized spacial score (nSPS) is 10.9. The minimum absolute atomic E-state index is 0.0940. The van der Waals surface area contributed by atoms with Gasteiger partial charge in [-0.25, -0.2) is 4.79 Å². The van der Waals surface area contributed by atoms with Gasteiger partial charge in [0.25, 0.3) is 0 Å². The van der Waals surface area contributed by atoms with Gasteiger partial charge in [-0.3, -0.25) is 9.59 Å². The number of carbonyl (C=O) groups excluding carboxylic acids is 2. The van der Waals surface area contributed by atoms with Crippen LogP contribution in [0.5, 0.6) is 0 Å². The van der Waals surface area contributed by atoms with Crippen LogP contribution in [0, 0.1) is 0 Å². The molecule has 0 aliphatic heterocycles. The molecule has 0 fully saturated rings. The Morgan fingerprint density at radius 3 is 2.33 bits per heavy atom. The van der Waals surface area contributed by atoms with E-state index < -0.39 is 11.9 Å². The molecule has 0 spiro atoms. The van der Waals surface area contributed by atoms with Crippen molar-refractivity contribution in [2.75, 3.05) is 6.61 Å². The fourth-order valence-corrected chi connectivity index (χ4v) is 0.790. The van der Waals surface area contributed by atoms with Crippen molar-refractivity contribution in [2.45, 2.75) is 26.7 Å². The summed E-state index contributed by atoms with van der Waals surface area (Å²) in [7, 11) is 0. The highest BCUT2D eigenvalue weighted by Crippen LogP contribution is 1.97. The molecular formula is C10H14O5. The molecule has 1 N–H and O–H groups in total. The SMILES string of the molecule is CC(=O)CC(=O)OCCC=C(C)C(=O)O. The molecule has 0 bridgehead atoms. The molecule has 0 radical (unpaired) electrons. The van der Waals surface area contributed by atoms with E-state index in [1.165, 1.54) is 19.9 Å². The first-order valence-electron chi connectivity index (χ1n) is 4.48. The van der Waals surface area contributed by atoms with Crippen LogP contribution >= 0.6 is 0 Å². The van der Waals surface area contributed by atoms with Crippen molar-refractivity contribution in [3.05, 3.63) is 11.6 Å². The molecule has 0 rings (SSSR count). The third-order valence-corrected chi connectivity index (χ3v) is 1.56. The van der Waals surface area contributed by atoms with Crippen molar-refractivity contribution in [3.63, 3.8) is 0 Å². The van der Waals surface area contributed by atoms with Crippen LogP contribution in [0.25, 0.3) is 0 Å². The maximum absolute atomic E-state index is 10.9. The van der Waals surface area contributed by atoms with Gasteiger partial charge < -0.3 is 9.84 Å². The number of hydrogen-bond donors (Lipinski definition) is 1. The van der Waals surface area contributed by atoms with Crippen molar-refractivity contribution < 1.29 is 24.2 Å². The van der Waals surface area contributed by atoms with Crippen LogP contribution in [0.4, 0.5) is 0 Å². The molecule has 84 valence electrons. The van der Waals surface area contributed by atoms with Crippen LogP contribution < -0.4 is 0 Å². The third kappa shape index (κ3) is 7.42. The second-order valence-electron chi connectivity index (χ2n) is 3.08. The van der Waals surface area contributed by atoms with Crippen LogP contribution in [0.15, 0.2) is 11.6 Å². The van der Waals surface area contributed by atoms with E-state index >= 15 is 0 Å². The topological polar surface area (TPSA) is 80.7 Å². The lowest BCUT2D eigenvalue weighted by atomic mass is 10.2. The van der Waals surface area contributed by atoms with Crippen molar-refractivity contribution in [2.24, 2.45) is 0 Å². The number of Topliss-reactive ketones (excluding diaryl/α,β-unsaturated/α-hetero) is 1. The number of carboxylic acid groups (broad SMARTS) is 1. The standard InChI is InChI=1S/C10H14O5/c1-7(10(13)14)4-3-5-15-9(12)6-8(2)11/h4H,3,5-6H2,1-2H3,(H,13,14).